The molecule has 0 aliphatic heterocycles. The van der Waals surface area contributed by atoms with Crippen molar-refractivity contribution >= 4 is 81.2 Å². The van der Waals surface area contributed by atoms with E-state index in [2.05, 4.69) is 5.32 Å². The fourth-order valence-electron chi connectivity index (χ4n) is 4.59. The van der Waals surface area contributed by atoms with Gasteiger partial charge < -0.3 is 5.32 Å². The topological polar surface area (TPSA) is 63.2 Å². The van der Waals surface area contributed by atoms with Crippen LogP contribution in [-0.2, 0) is 28.6 Å². The second-order valence-corrected chi connectivity index (χ2v) is 13.7. The molecule has 0 radical (unpaired) electrons. The average molecular weight is 720 g/mol. The molecule has 0 bridgehead atoms. The van der Waals surface area contributed by atoms with Gasteiger partial charge >= 0.3 is 6.18 Å². The molecule has 1 N–H and O–H groups in total. The number of hydrogen-bond acceptors (Lipinski definition) is 3. The maximum atomic E-state index is 15.1. The van der Waals surface area contributed by atoms with Crippen LogP contribution in [0.1, 0.15) is 45.5 Å². The number of benzene rings is 3. The molecule has 0 saturated heterocycles. The Bertz CT molecular complexity index is 1670. The quantitative estimate of drug-likeness (QED) is 0.136. The zero-order valence-corrected chi connectivity index (χ0v) is 25.8. The summed E-state index contributed by atoms with van der Waals surface area (Å²) < 4.78 is 79.1. The third-order valence-corrected chi connectivity index (χ3v) is 8.66. The van der Waals surface area contributed by atoms with Crippen molar-refractivity contribution in [3.63, 3.8) is 0 Å². The standard InChI is InChI=1S/C29H18Cl5F6NO3/c1-27(31,32)22(43)11-16-19(35)6-3-13(25(16)37)9-21(42)15-10-14(4-5-18(15)30)41-26(44)24-23(28(24,33)34)12-2-7-20(36)17(8-12)29(38,39)40/h2-8,10,23-24H,9,11H2,1H3,(H,41,44)/t23-,24+/m0/s1. The fraction of sp³-hybridized carbons (Fsp3) is 0.276. The van der Waals surface area contributed by atoms with Crippen LogP contribution < -0.4 is 5.32 Å². The van der Waals surface area contributed by atoms with Crippen LogP contribution >= 0.6 is 58.0 Å². The number of carbonyl (C=O) groups excluding carboxylic acids is 3. The molecule has 1 aliphatic rings. The summed E-state index contributed by atoms with van der Waals surface area (Å²) in [6, 6.07) is 7.81. The minimum absolute atomic E-state index is 0.0157. The highest BCUT2D eigenvalue weighted by Crippen LogP contribution is 2.65. The van der Waals surface area contributed by atoms with Crippen LogP contribution in [0.5, 0.6) is 0 Å². The number of halogens is 11. The molecule has 1 aliphatic carbocycles. The van der Waals surface area contributed by atoms with Crippen molar-refractivity contribution in [2.75, 3.05) is 5.32 Å². The van der Waals surface area contributed by atoms with Gasteiger partial charge in [-0.05, 0) is 54.4 Å². The van der Waals surface area contributed by atoms with Gasteiger partial charge in [-0.1, -0.05) is 46.9 Å². The van der Waals surface area contributed by atoms with Gasteiger partial charge in [-0.15, -0.1) is 23.2 Å². The molecule has 0 unspecified atom stereocenters. The molecule has 1 fully saturated rings. The lowest BCUT2D eigenvalue weighted by Crippen LogP contribution is -2.25. The van der Waals surface area contributed by atoms with Crippen LogP contribution in [0.25, 0.3) is 0 Å². The highest BCUT2D eigenvalue weighted by atomic mass is 35.5. The van der Waals surface area contributed by atoms with E-state index in [-0.39, 0.29) is 27.4 Å². The Labute approximate surface area is 271 Å². The van der Waals surface area contributed by atoms with Gasteiger partial charge in [0.15, 0.2) is 15.9 Å². The number of anilines is 1. The minimum atomic E-state index is -4.99. The first kappa shape index (κ1) is 34.4. The van der Waals surface area contributed by atoms with Gasteiger partial charge in [0, 0.05) is 35.6 Å². The summed E-state index contributed by atoms with van der Waals surface area (Å²) in [5.74, 6) is -8.49. The molecule has 0 heterocycles. The molecule has 1 saturated carbocycles. The lowest BCUT2D eigenvalue weighted by atomic mass is 9.97. The summed E-state index contributed by atoms with van der Waals surface area (Å²) in [5.41, 5.74) is -2.69. The van der Waals surface area contributed by atoms with Crippen molar-refractivity contribution in [2.45, 2.75) is 40.5 Å². The van der Waals surface area contributed by atoms with E-state index < -0.39 is 85.6 Å². The summed E-state index contributed by atoms with van der Waals surface area (Å²) >= 11 is 30.1. The largest absolute Gasteiger partial charge is 0.419 e. The SMILES string of the molecule is CC(Cl)(Cl)C(=O)Cc1c(F)ccc(CC(=O)c2cc(NC(=O)[C@H]3[C@H](c4ccc(F)c(C(F)(F)F)c4)C3(Cl)Cl)ccc2Cl)c1F. The molecule has 0 spiro atoms. The lowest BCUT2D eigenvalue weighted by molar-refractivity contribution is -0.140. The molecule has 15 heteroatoms. The minimum Gasteiger partial charge on any atom is -0.326 e. The third-order valence-electron chi connectivity index (χ3n) is 6.97. The monoisotopic (exact) mass is 717 g/mol. The highest BCUT2D eigenvalue weighted by Gasteiger charge is 2.67. The first-order valence-electron chi connectivity index (χ1n) is 12.5. The summed E-state index contributed by atoms with van der Waals surface area (Å²) in [6.07, 6.45) is -6.38. The Morgan fingerprint density at radius 1 is 0.909 bits per heavy atom. The van der Waals surface area contributed by atoms with E-state index in [1.807, 2.05) is 0 Å². The van der Waals surface area contributed by atoms with Gasteiger partial charge in [-0.25, -0.2) is 13.2 Å². The van der Waals surface area contributed by atoms with E-state index in [0.29, 0.717) is 12.1 Å². The molecule has 2 atom stereocenters. The molecule has 4 nitrogen and oxygen atoms in total. The van der Waals surface area contributed by atoms with Crippen LogP contribution in [0.2, 0.25) is 5.02 Å². The predicted octanol–water partition coefficient (Wildman–Crippen LogP) is 9.03. The fourth-order valence-corrected chi connectivity index (χ4v) is 5.77. The molecular formula is C29H18Cl5F6NO3. The van der Waals surface area contributed by atoms with E-state index in [1.165, 1.54) is 18.2 Å². The molecule has 234 valence electrons. The number of amides is 1. The van der Waals surface area contributed by atoms with E-state index in [1.54, 1.807) is 0 Å². The van der Waals surface area contributed by atoms with Crippen LogP contribution in [0, 0.1) is 23.4 Å². The van der Waals surface area contributed by atoms with Crippen LogP contribution in [0.4, 0.5) is 32.0 Å². The Hall–Kier alpha value is -2.50. The maximum Gasteiger partial charge on any atom is 0.419 e. The number of ketones is 2. The van der Waals surface area contributed by atoms with Gasteiger partial charge in [0.05, 0.1) is 16.5 Å². The third kappa shape index (κ3) is 7.15. The average Bonchev–Trinajstić information content (AvgIpc) is 3.49. The van der Waals surface area contributed by atoms with Crippen molar-refractivity contribution in [1.82, 2.24) is 0 Å². The normalized spacial score (nSPS) is 17.7. The number of carbonyl (C=O) groups is 3. The van der Waals surface area contributed by atoms with Gasteiger partial charge in [-0.2, -0.15) is 13.2 Å². The zero-order chi connectivity index (χ0) is 32.9. The number of Topliss-reactive ketones (excluding diaryl/α,β-unsaturated/α-hetero) is 2. The van der Waals surface area contributed by atoms with Crippen molar-refractivity contribution in [3.8, 4) is 0 Å². The van der Waals surface area contributed by atoms with Gasteiger partial charge in [0.1, 0.15) is 21.8 Å². The number of rotatable bonds is 9. The Morgan fingerprint density at radius 3 is 2.16 bits per heavy atom. The van der Waals surface area contributed by atoms with Crippen LogP contribution in [-0.4, -0.2) is 26.1 Å². The zero-order valence-electron chi connectivity index (χ0n) is 22.1. The molecule has 44 heavy (non-hydrogen) atoms. The Morgan fingerprint density at radius 2 is 1.55 bits per heavy atom. The number of alkyl halides is 7. The molecule has 3 aromatic carbocycles. The Balaban J connectivity index is 1.53. The summed E-state index contributed by atoms with van der Waals surface area (Å²) in [7, 11) is 0. The molecule has 0 aromatic heterocycles. The van der Waals surface area contributed by atoms with Crippen LogP contribution in [0.3, 0.4) is 0 Å². The first-order valence-corrected chi connectivity index (χ1v) is 14.4. The van der Waals surface area contributed by atoms with E-state index >= 15 is 4.39 Å². The number of hydrogen-bond donors (Lipinski definition) is 1. The molecule has 1 amide bonds. The predicted molar refractivity (Wildman–Crippen MR) is 155 cm³/mol. The summed E-state index contributed by atoms with van der Waals surface area (Å²) in [5, 5.41) is 2.39. The van der Waals surface area contributed by atoms with Crippen molar-refractivity contribution < 1.29 is 40.7 Å². The second kappa shape index (κ2) is 12.4. The van der Waals surface area contributed by atoms with Gasteiger partial charge in [-0.3, -0.25) is 14.4 Å². The number of nitrogens with one attached hydrogen (secondary N) is 1. The highest BCUT2D eigenvalue weighted by molar-refractivity contribution is 6.58. The van der Waals surface area contributed by atoms with Crippen molar-refractivity contribution in [1.29, 1.82) is 0 Å². The van der Waals surface area contributed by atoms with E-state index in [4.69, 9.17) is 58.0 Å². The van der Waals surface area contributed by atoms with Crippen molar-refractivity contribution in [2.24, 2.45) is 5.92 Å². The molecule has 3 aromatic rings. The van der Waals surface area contributed by atoms with Gasteiger partial charge in [0.2, 0.25) is 5.91 Å². The van der Waals surface area contributed by atoms with Crippen LogP contribution in [0.15, 0.2) is 48.5 Å². The Kier molecular flexibility index (Phi) is 9.66. The van der Waals surface area contributed by atoms with Crippen molar-refractivity contribution in [3.05, 3.63) is 98.8 Å². The lowest BCUT2D eigenvalue weighted by Gasteiger charge is -2.14. The molecular weight excluding hydrogens is 702 g/mol. The smallest absolute Gasteiger partial charge is 0.326 e. The molecule has 4 rings (SSSR count). The van der Waals surface area contributed by atoms with Gasteiger partial charge in [0.25, 0.3) is 0 Å². The first-order chi connectivity index (χ1) is 20.2. The summed E-state index contributed by atoms with van der Waals surface area (Å²) in [6.45, 7) is 1.14. The van der Waals surface area contributed by atoms with E-state index in [0.717, 1.165) is 25.1 Å². The summed E-state index contributed by atoms with van der Waals surface area (Å²) in [4.78, 5) is 38.3. The second-order valence-electron chi connectivity index (χ2n) is 10.1. The maximum absolute atomic E-state index is 15.1. The van der Waals surface area contributed by atoms with E-state index in [9.17, 15) is 36.3 Å².